The van der Waals surface area contributed by atoms with E-state index in [1.807, 2.05) is 44.2 Å². The summed E-state index contributed by atoms with van der Waals surface area (Å²) in [4.78, 5) is 27.7. The Morgan fingerprint density at radius 2 is 1.87 bits per heavy atom. The van der Waals surface area contributed by atoms with Crippen LogP contribution in [0.1, 0.15) is 44.7 Å². The Bertz CT molecular complexity index is 1020. The van der Waals surface area contributed by atoms with Crippen LogP contribution in [0.25, 0.3) is 0 Å². The first kappa shape index (κ1) is 21.5. The summed E-state index contributed by atoms with van der Waals surface area (Å²) in [7, 11) is 1.27. The molecule has 0 spiro atoms. The largest absolute Gasteiger partial charge is 0.513 e. The lowest BCUT2D eigenvalue weighted by Gasteiger charge is -2.33. The minimum absolute atomic E-state index is 0.111. The number of carbonyl (C=O) groups is 1. The number of fused-ring (bicyclic) bond motifs is 1. The monoisotopic (exact) mass is 411 g/mol. The van der Waals surface area contributed by atoms with E-state index in [0.717, 1.165) is 30.0 Å². The van der Waals surface area contributed by atoms with Crippen LogP contribution < -0.4 is 15.8 Å². The van der Waals surface area contributed by atoms with Crippen molar-refractivity contribution in [1.82, 2.24) is 4.57 Å². The Morgan fingerprint density at radius 1 is 1.17 bits per heavy atom. The first-order valence-electron chi connectivity index (χ1n) is 10.3. The molecule has 0 fully saturated rings. The molecule has 0 saturated carbocycles. The van der Waals surface area contributed by atoms with E-state index in [2.05, 4.69) is 24.1 Å². The number of hydrogen-bond donors (Lipinski definition) is 1. The van der Waals surface area contributed by atoms with Crippen LogP contribution in [-0.2, 0) is 16.0 Å². The van der Waals surface area contributed by atoms with E-state index in [0.29, 0.717) is 23.6 Å². The minimum Gasteiger partial charge on any atom is -0.437 e. The number of para-hydroxylation sites is 1. The number of aryl methyl sites for hydroxylation is 1. The molecule has 1 aromatic heterocycles. The van der Waals surface area contributed by atoms with Gasteiger partial charge in [0.2, 0.25) is 0 Å². The van der Waals surface area contributed by atoms with E-state index in [-0.39, 0.29) is 5.56 Å². The van der Waals surface area contributed by atoms with Crippen LogP contribution in [0, 0.1) is 0 Å². The fourth-order valence-corrected chi connectivity index (χ4v) is 3.99. The molecular formula is C23H29N3O4. The first-order valence-corrected chi connectivity index (χ1v) is 10.3. The number of ether oxygens (including phenoxy) is 2. The molecule has 2 heterocycles. The second-order valence-electron chi connectivity index (χ2n) is 7.07. The lowest BCUT2D eigenvalue weighted by Crippen LogP contribution is -2.33. The van der Waals surface area contributed by atoms with Gasteiger partial charge < -0.3 is 24.3 Å². The summed E-state index contributed by atoms with van der Waals surface area (Å²) in [6.07, 6.45) is 0.965. The van der Waals surface area contributed by atoms with Gasteiger partial charge in [-0.05, 0) is 45.4 Å². The van der Waals surface area contributed by atoms with Crippen molar-refractivity contribution in [3.63, 3.8) is 0 Å². The maximum absolute atomic E-state index is 13.4. The Morgan fingerprint density at radius 3 is 2.50 bits per heavy atom. The highest BCUT2D eigenvalue weighted by Gasteiger charge is 2.36. The zero-order valence-electron chi connectivity index (χ0n) is 18.2. The van der Waals surface area contributed by atoms with Gasteiger partial charge in [-0.3, -0.25) is 4.79 Å². The van der Waals surface area contributed by atoms with E-state index < -0.39 is 12.1 Å². The molecule has 1 aliphatic rings. The normalized spacial score (nSPS) is 15.3. The number of methoxy groups -OCH3 is 1. The summed E-state index contributed by atoms with van der Waals surface area (Å²) in [5, 5.41) is 3.23. The topological polar surface area (TPSA) is 72.8 Å². The van der Waals surface area contributed by atoms with Gasteiger partial charge in [0.05, 0.1) is 24.3 Å². The molecule has 30 heavy (non-hydrogen) atoms. The third kappa shape index (κ3) is 3.79. The van der Waals surface area contributed by atoms with Crippen molar-refractivity contribution in [3.8, 4) is 0 Å². The van der Waals surface area contributed by atoms with Crippen molar-refractivity contribution >= 4 is 17.5 Å². The summed E-state index contributed by atoms with van der Waals surface area (Å²) in [6, 6.07) is 9.84. The van der Waals surface area contributed by atoms with Gasteiger partial charge in [-0.25, -0.2) is 4.79 Å². The molecule has 1 aliphatic heterocycles. The average molecular weight is 412 g/mol. The summed E-state index contributed by atoms with van der Waals surface area (Å²) in [5.41, 5.74) is 3.75. The maximum Gasteiger partial charge on any atom is 0.513 e. The van der Waals surface area contributed by atoms with Crippen molar-refractivity contribution in [1.29, 1.82) is 0 Å². The van der Waals surface area contributed by atoms with Crippen molar-refractivity contribution in [2.24, 2.45) is 0 Å². The number of aromatic nitrogens is 1. The number of pyridine rings is 1. The average Bonchev–Trinajstić information content (AvgIpc) is 2.76. The molecule has 7 nitrogen and oxygen atoms in total. The van der Waals surface area contributed by atoms with Crippen molar-refractivity contribution in [2.45, 2.75) is 40.2 Å². The second kappa shape index (κ2) is 9.07. The highest BCUT2D eigenvalue weighted by atomic mass is 16.7. The molecule has 2 aromatic rings. The number of anilines is 2. The minimum atomic E-state index is -0.813. The predicted octanol–water partition coefficient (Wildman–Crippen LogP) is 4.29. The molecular weight excluding hydrogens is 382 g/mol. The van der Waals surface area contributed by atoms with Gasteiger partial charge in [0.25, 0.3) is 5.56 Å². The van der Waals surface area contributed by atoms with Crippen LogP contribution in [0.3, 0.4) is 0 Å². The predicted molar refractivity (Wildman–Crippen MR) is 118 cm³/mol. The molecule has 160 valence electrons. The van der Waals surface area contributed by atoms with Gasteiger partial charge in [0.15, 0.2) is 0 Å². The van der Waals surface area contributed by atoms with E-state index >= 15 is 0 Å². The highest BCUT2D eigenvalue weighted by Crippen LogP contribution is 2.43. The van der Waals surface area contributed by atoms with Gasteiger partial charge in [0.1, 0.15) is 5.76 Å². The van der Waals surface area contributed by atoms with Crippen LogP contribution in [-0.4, -0.2) is 30.9 Å². The number of allylic oxidation sites excluding steroid dienone is 2. The first-order chi connectivity index (χ1) is 14.5. The van der Waals surface area contributed by atoms with Crippen molar-refractivity contribution < 1.29 is 14.3 Å². The van der Waals surface area contributed by atoms with Gasteiger partial charge in [0, 0.05) is 37.2 Å². The molecule has 0 bridgehead atoms. The number of rotatable bonds is 6. The lowest BCUT2D eigenvalue weighted by molar-refractivity contribution is 0.0929. The summed E-state index contributed by atoms with van der Waals surface area (Å²) in [6.45, 7) is 10.1. The number of nitrogens with one attached hydrogen (secondary N) is 1. The number of hydrogen-bond acceptors (Lipinski definition) is 6. The molecule has 3 rings (SSSR count). The van der Waals surface area contributed by atoms with Gasteiger partial charge in [-0.15, -0.1) is 0 Å². The number of nitrogens with zero attached hydrogens (tertiary/aromatic N) is 2. The third-order valence-corrected chi connectivity index (χ3v) is 5.50. The quantitative estimate of drug-likeness (QED) is 0.715. The summed E-state index contributed by atoms with van der Waals surface area (Å²) < 4.78 is 12.0. The molecule has 1 aromatic carbocycles. The third-order valence-electron chi connectivity index (χ3n) is 5.50. The smallest absolute Gasteiger partial charge is 0.437 e. The van der Waals surface area contributed by atoms with Gasteiger partial charge >= 0.3 is 6.16 Å². The van der Waals surface area contributed by atoms with Gasteiger partial charge in [-0.1, -0.05) is 18.2 Å². The highest BCUT2D eigenvalue weighted by molar-refractivity contribution is 5.70. The van der Waals surface area contributed by atoms with Crippen molar-refractivity contribution in [3.05, 3.63) is 69.5 Å². The second-order valence-corrected chi connectivity index (χ2v) is 7.07. The van der Waals surface area contributed by atoms with Crippen LogP contribution in [0.2, 0.25) is 0 Å². The number of carbonyl (C=O) groups excluding carboxylic acids is 1. The molecule has 0 amide bonds. The summed E-state index contributed by atoms with van der Waals surface area (Å²) in [5.74, 6) is -0.163. The molecule has 0 radical (unpaired) electrons. The Balaban J connectivity index is 2.31. The van der Waals surface area contributed by atoms with Crippen LogP contribution in [0.15, 0.2) is 52.8 Å². The van der Waals surface area contributed by atoms with E-state index in [9.17, 15) is 9.59 Å². The Labute approximate surface area is 176 Å². The Kier molecular flexibility index (Phi) is 6.50. The Hall–Kier alpha value is -3.22. The molecule has 1 unspecified atom stereocenters. The molecule has 1 atom stereocenters. The fraction of sp³-hybridized carbons (Fsp3) is 0.391. The number of benzene rings is 1. The van der Waals surface area contributed by atoms with Crippen LogP contribution in [0.4, 0.5) is 16.2 Å². The molecule has 0 aliphatic carbocycles. The lowest BCUT2D eigenvalue weighted by atomic mass is 9.84. The van der Waals surface area contributed by atoms with Gasteiger partial charge in [-0.2, -0.15) is 0 Å². The molecule has 7 heteroatoms. The SMILES string of the molecule is CCN(CC)c1ccccc1C1C(OC(=O)OC)=C(C)Nc2ccn(CC)c(=O)c21. The van der Waals surface area contributed by atoms with Crippen LogP contribution in [0.5, 0.6) is 0 Å². The molecule has 0 saturated heterocycles. The van der Waals surface area contributed by atoms with E-state index in [4.69, 9.17) is 9.47 Å². The zero-order valence-corrected chi connectivity index (χ0v) is 18.2. The van der Waals surface area contributed by atoms with E-state index in [1.165, 1.54) is 7.11 Å². The van der Waals surface area contributed by atoms with Crippen molar-refractivity contribution in [2.75, 3.05) is 30.4 Å². The molecule has 1 N–H and O–H groups in total. The van der Waals surface area contributed by atoms with Crippen LogP contribution >= 0.6 is 0 Å². The van der Waals surface area contributed by atoms with E-state index in [1.54, 1.807) is 10.8 Å². The standard InChI is InChI=1S/C23H29N3O4/c1-6-25(7-2)18-12-10-9-11-16(18)19-20-17(13-14-26(8-3)22(20)27)24-15(4)21(19)30-23(28)29-5/h9-14,19,24H,6-8H2,1-5H3. The fourth-order valence-electron chi connectivity index (χ4n) is 3.99. The maximum atomic E-state index is 13.4. The summed E-state index contributed by atoms with van der Waals surface area (Å²) >= 11 is 0. The zero-order chi connectivity index (χ0) is 21.8.